The molecule has 2 aliphatic heterocycles. The minimum Gasteiger partial charge on any atom is -0.377 e. The second kappa shape index (κ2) is 7.32. The van der Waals surface area contributed by atoms with Crippen LogP contribution in [0.4, 0.5) is 10.5 Å². The van der Waals surface area contributed by atoms with Gasteiger partial charge >= 0.3 is 6.03 Å². The molecule has 1 aromatic carbocycles. The quantitative estimate of drug-likeness (QED) is 0.932. The van der Waals surface area contributed by atoms with Gasteiger partial charge in [0.25, 0.3) is 0 Å². The monoisotopic (exact) mass is 317 g/mol. The number of ether oxygens (including phenoxy) is 1. The van der Waals surface area contributed by atoms with Crippen molar-refractivity contribution >= 4 is 11.7 Å². The molecule has 0 spiro atoms. The van der Waals surface area contributed by atoms with E-state index in [2.05, 4.69) is 24.1 Å². The summed E-state index contributed by atoms with van der Waals surface area (Å²) in [6.45, 7) is 9.48. The summed E-state index contributed by atoms with van der Waals surface area (Å²) in [4.78, 5) is 16.7. The molecule has 3 rings (SSSR count). The first kappa shape index (κ1) is 16.3. The van der Waals surface area contributed by atoms with Crippen molar-refractivity contribution in [1.82, 2.24) is 9.80 Å². The van der Waals surface area contributed by atoms with E-state index in [4.69, 9.17) is 4.74 Å². The third-order valence-corrected chi connectivity index (χ3v) is 4.90. The lowest BCUT2D eigenvalue weighted by Gasteiger charge is -2.35. The number of nitrogens with zero attached hydrogens (tertiary/aromatic N) is 2. The molecule has 0 bridgehead atoms. The topological polar surface area (TPSA) is 44.8 Å². The number of piperazine rings is 1. The van der Waals surface area contributed by atoms with Crippen LogP contribution < -0.4 is 5.32 Å². The second-order valence-electron chi connectivity index (χ2n) is 6.65. The van der Waals surface area contributed by atoms with E-state index in [1.54, 1.807) is 0 Å². The van der Waals surface area contributed by atoms with E-state index in [0.29, 0.717) is 6.10 Å². The van der Waals surface area contributed by atoms with Crippen molar-refractivity contribution < 1.29 is 9.53 Å². The number of rotatable bonds is 3. The predicted molar refractivity (Wildman–Crippen MR) is 91.9 cm³/mol. The molecule has 1 unspecified atom stereocenters. The van der Waals surface area contributed by atoms with Crippen LogP contribution in [0.25, 0.3) is 0 Å². The summed E-state index contributed by atoms with van der Waals surface area (Å²) >= 11 is 0. The summed E-state index contributed by atoms with van der Waals surface area (Å²) in [5, 5.41) is 3.01. The molecule has 0 saturated carbocycles. The molecule has 2 saturated heterocycles. The van der Waals surface area contributed by atoms with Gasteiger partial charge in [0.15, 0.2) is 0 Å². The van der Waals surface area contributed by atoms with E-state index in [-0.39, 0.29) is 6.03 Å². The van der Waals surface area contributed by atoms with Gasteiger partial charge in [0, 0.05) is 45.0 Å². The Balaban J connectivity index is 1.46. The van der Waals surface area contributed by atoms with E-state index >= 15 is 0 Å². The molecule has 2 heterocycles. The minimum absolute atomic E-state index is 0.00465. The van der Waals surface area contributed by atoms with Crippen molar-refractivity contribution in [1.29, 1.82) is 0 Å². The van der Waals surface area contributed by atoms with Crippen LogP contribution in [0.5, 0.6) is 0 Å². The van der Waals surface area contributed by atoms with Crippen molar-refractivity contribution in [3.8, 4) is 0 Å². The highest BCUT2D eigenvalue weighted by Crippen LogP contribution is 2.16. The van der Waals surface area contributed by atoms with E-state index in [0.717, 1.165) is 45.0 Å². The van der Waals surface area contributed by atoms with Crippen molar-refractivity contribution in [3.63, 3.8) is 0 Å². The maximum atomic E-state index is 12.4. The van der Waals surface area contributed by atoms with Gasteiger partial charge in [-0.1, -0.05) is 6.07 Å². The fourth-order valence-electron chi connectivity index (χ4n) is 3.23. The Hall–Kier alpha value is -1.59. The molecule has 2 fully saturated rings. The van der Waals surface area contributed by atoms with Crippen LogP contribution in [0.1, 0.15) is 24.0 Å². The van der Waals surface area contributed by atoms with Crippen molar-refractivity contribution in [2.24, 2.45) is 0 Å². The maximum absolute atomic E-state index is 12.4. The summed E-state index contributed by atoms with van der Waals surface area (Å²) in [6, 6.07) is 6.05. The lowest BCUT2D eigenvalue weighted by atomic mass is 10.1. The third kappa shape index (κ3) is 4.24. The molecule has 23 heavy (non-hydrogen) atoms. The van der Waals surface area contributed by atoms with E-state index < -0.39 is 0 Å². The Morgan fingerprint density at radius 3 is 2.65 bits per heavy atom. The van der Waals surface area contributed by atoms with Gasteiger partial charge in [-0.25, -0.2) is 4.79 Å². The lowest BCUT2D eigenvalue weighted by Crippen LogP contribution is -2.51. The number of aryl methyl sites for hydroxylation is 2. The van der Waals surface area contributed by atoms with Gasteiger partial charge in [-0.15, -0.1) is 0 Å². The van der Waals surface area contributed by atoms with Crippen molar-refractivity contribution in [2.75, 3.05) is 44.6 Å². The van der Waals surface area contributed by atoms with Crippen LogP contribution in [-0.4, -0.2) is 61.3 Å². The van der Waals surface area contributed by atoms with Crippen LogP contribution in [0, 0.1) is 13.8 Å². The molecule has 5 heteroatoms. The molecule has 0 aliphatic carbocycles. The van der Waals surface area contributed by atoms with Crippen LogP contribution in [0.15, 0.2) is 18.2 Å². The normalized spacial score (nSPS) is 22.3. The zero-order valence-corrected chi connectivity index (χ0v) is 14.2. The number of anilines is 1. The average Bonchev–Trinajstić information content (AvgIpc) is 3.04. The standard InChI is InChI=1S/C18H27N3O2/c1-14-5-6-16(12-15(14)2)19-18(22)21-9-7-20(8-10-21)13-17-4-3-11-23-17/h5-6,12,17H,3-4,7-11,13H2,1-2H3,(H,19,22). The number of benzene rings is 1. The van der Waals surface area contributed by atoms with Gasteiger partial charge in [0.1, 0.15) is 0 Å². The molecule has 1 N–H and O–H groups in total. The first-order chi connectivity index (χ1) is 11.1. The number of hydrogen-bond donors (Lipinski definition) is 1. The molecular weight excluding hydrogens is 290 g/mol. The highest BCUT2D eigenvalue weighted by Gasteiger charge is 2.24. The molecule has 1 aromatic rings. The number of amides is 2. The lowest BCUT2D eigenvalue weighted by molar-refractivity contribution is 0.0572. The smallest absolute Gasteiger partial charge is 0.321 e. The minimum atomic E-state index is 0.00465. The second-order valence-corrected chi connectivity index (χ2v) is 6.65. The largest absolute Gasteiger partial charge is 0.377 e. The van der Waals surface area contributed by atoms with Gasteiger partial charge in [0.2, 0.25) is 0 Å². The fourth-order valence-corrected chi connectivity index (χ4v) is 3.23. The Morgan fingerprint density at radius 2 is 2.00 bits per heavy atom. The Morgan fingerprint density at radius 1 is 1.22 bits per heavy atom. The number of urea groups is 1. The van der Waals surface area contributed by atoms with E-state index in [1.807, 2.05) is 23.1 Å². The third-order valence-electron chi connectivity index (χ3n) is 4.90. The van der Waals surface area contributed by atoms with Crippen LogP contribution in [0.2, 0.25) is 0 Å². The summed E-state index contributed by atoms with van der Waals surface area (Å²) in [6.07, 6.45) is 2.75. The Labute approximate surface area is 138 Å². The molecule has 1 atom stereocenters. The maximum Gasteiger partial charge on any atom is 0.321 e. The van der Waals surface area contributed by atoms with E-state index in [9.17, 15) is 4.79 Å². The van der Waals surface area contributed by atoms with Gasteiger partial charge in [0.05, 0.1) is 6.10 Å². The number of carbonyl (C=O) groups excluding carboxylic acids is 1. The summed E-state index contributed by atoms with van der Waals surface area (Å²) < 4.78 is 5.70. The van der Waals surface area contributed by atoms with Crippen molar-refractivity contribution in [2.45, 2.75) is 32.8 Å². The van der Waals surface area contributed by atoms with Gasteiger partial charge in [-0.2, -0.15) is 0 Å². The summed E-state index contributed by atoms with van der Waals surface area (Å²) in [5.74, 6) is 0. The molecule has 5 nitrogen and oxygen atoms in total. The van der Waals surface area contributed by atoms with Gasteiger partial charge in [-0.05, 0) is 49.9 Å². The van der Waals surface area contributed by atoms with Gasteiger partial charge in [-0.3, -0.25) is 4.90 Å². The highest BCUT2D eigenvalue weighted by molar-refractivity contribution is 5.89. The average molecular weight is 317 g/mol. The summed E-state index contributed by atoms with van der Waals surface area (Å²) in [5.41, 5.74) is 3.31. The zero-order chi connectivity index (χ0) is 16.2. The first-order valence-electron chi connectivity index (χ1n) is 8.59. The van der Waals surface area contributed by atoms with Crippen LogP contribution in [-0.2, 0) is 4.74 Å². The van der Waals surface area contributed by atoms with Crippen LogP contribution >= 0.6 is 0 Å². The number of nitrogens with one attached hydrogen (secondary N) is 1. The number of hydrogen-bond acceptors (Lipinski definition) is 3. The fraction of sp³-hybridized carbons (Fsp3) is 0.611. The SMILES string of the molecule is Cc1ccc(NC(=O)N2CCN(CC3CCCO3)CC2)cc1C. The molecule has 126 valence electrons. The van der Waals surface area contributed by atoms with Crippen molar-refractivity contribution in [3.05, 3.63) is 29.3 Å². The molecular formula is C18H27N3O2. The summed E-state index contributed by atoms with van der Waals surface area (Å²) in [7, 11) is 0. The Kier molecular flexibility index (Phi) is 5.18. The Bertz CT molecular complexity index is 547. The molecule has 2 amide bonds. The first-order valence-corrected chi connectivity index (χ1v) is 8.59. The molecule has 0 aromatic heterocycles. The van der Waals surface area contributed by atoms with Crippen LogP contribution in [0.3, 0.4) is 0 Å². The number of carbonyl (C=O) groups is 1. The molecule has 0 radical (unpaired) electrons. The zero-order valence-electron chi connectivity index (χ0n) is 14.2. The predicted octanol–water partition coefficient (Wildman–Crippen LogP) is 2.63. The van der Waals surface area contributed by atoms with Gasteiger partial charge < -0.3 is 15.0 Å². The molecule has 2 aliphatic rings. The highest BCUT2D eigenvalue weighted by atomic mass is 16.5. The van der Waals surface area contributed by atoms with E-state index in [1.165, 1.54) is 24.0 Å².